The van der Waals surface area contributed by atoms with Crippen LogP contribution in [0.4, 0.5) is 13.2 Å². The zero-order valence-corrected chi connectivity index (χ0v) is 8.77. The number of rotatable bonds is 0. The number of hydrogen-bond donors (Lipinski definition) is 0. The van der Waals surface area contributed by atoms with Gasteiger partial charge in [-0.15, -0.1) is 11.3 Å². The van der Waals surface area contributed by atoms with Crippen LogP contribution < -0.4 is 0 Å². The molecule has 1 unspecified atom stereocenters. The predicted octanol–water partition coefficient (Wildman–Crippen LogP) is 4.07. The lowest BCUT2D eigenvalue weighted by Crippen LogP contribution is -2.28. The zero-order valence-electron chi connectivity index (χ0n) is 7.20. The summed E-state index contributed by atoms with van der Waals surface area (Å²) in [6, 6.07) is 1.67. The van der Waals surface area contributed by atoms with Crippen LogP contribution in [0.2, 0.25) is 4.34 Å². The van der Waals surface area contributed by atoms with E-state index in [0.717, 1.165) is 10.4 Å². The summed E-state index contributed by atoms with van der Waals surface area (Å²) < 4.78 is 37.8. The van der Waals surface area contributed by atoms with Crippen LogP contribution in [0.15, 0.2) is 6.07 Å². The molecule has 78 valence electrons. The highest BCUT2D eigenvalue weighted by Crippen LogP contribution is 2.40. The van der Waals surface area contributed by atoms with E-state index in [2.05, 4.69) is 0 Å². The third kappa shape index (κ3) is 1.91. The largest absolute Gasteiger partial charge is 0.392 e. The molecule has 0 saturated heterocycles. The van der Waals surface area contributed by atoms with Crippen molar-refractivity contribution < 1.29 is 13.2 Å². The molecule has 0 N–H and O–H groups in total. The number of hydrogen-bond acceptors (Lipinski definition) is 1. The summed E-state index contributed by atoms with van der Waals surface area (Å²) in [4.78, 5) is 1.02. The minimum Gasteiger partial charge on any atom is -0.171 e. The van der Waals surface area contributed by atoms with Gasteiger partial charge in [-0.25, -0.2) is 0 Å². The summed E-state index contributed by atoms with van der Waals surface area (Å²) in [5, 5.41) is 0. The quantitative estimate of drug-likeness (QED) is 0.641. The molecule has 1 aliphatic carbocycles. The van der Waals surface area contributed by atoms with Crippen LogP contribution in [0.1, 0.15) is 16.9 Å². The molecule has 0 radical (unpaired) electrons. The van der Waals surface area contributed by atoms with Gasteiger partial charge in [0.25, 0.3) is 0 Å². The molecule has 0 amide bonds. The molecule has 0 fully saturated rings. The fraction of sp³-hybridized carbons (Fsp3) is 0.556. The van der Waals surface area contributed by atoms with Crippen molar-refractivity contribution in [2.45, 2.75) is 25.4 Å². The summed E-state index contributed by atoms with van der Waals surface area (Å²) >= 11 is 7.15. The number of alkyl halides is 3. The maximum absolute atomic E-state index is 12.4. The number of halogens is 4. The van der Waals surface area contributed by atoms with Gasteiger partial charge < -0.3 is 0 Å². The molecular formula is C9H8ClF3S. The molecular weight excluding hydrogens is 233 g/mol. The Balaban J connectivity index is 2.21. The molecule has 0 saturated carbocycles. The van der Waals surface area contributed by atoms with Gasteiger partial charge in [-0.05, 0) is 30.9 Å². The molecule has 1 aromatic heterocycles. The minimum absolute atomic E-state index is 0.0993. The standard InChI is InChI=1S/C9H8ClF3S/c10-8-4-5-3-6(9(11,12)13)1-2-7(5)14-8/h4,6H,1-3H2. The third-order valence-corrected chi connectivity index (χ3v) is 3.88. The third-order valence-electron chi connectivity index (χ3n) is 2.52. The lowest BCUT2D eigenvalue weighted by atomic mass is 9.88. The average Bonchev–Trinajstić information content (AvgIpc) is 2.41. The zero-order chi connectivity index (χ0) is 10.3. The lowest BCUT2D eigenvalue weighted by molar-refractivity contribution is -0.176. The van der Waals surface area contributed by atoms with Gasteiger partial charge in [0.05, 0.1) is 10.3 Å². The molecule has 1 heterocycles. The first-order chi connectivity index (χ1) is 6.47. The molecule has 0 nitrogen and oxygen atoms in total. The maximum atomic E-state index is 12.4. The average molecular weight is 241 g/mol. The first-order valence-electron chi connectivity index (χ1n) is 4.30. The summed E-state index contributed by atoms with van der Waals surface area (Å²) in [5.41, 5.74) is 0.786. The fourth-order valence-electron chi connectivity index (χ4n) is 1.77. The van der Waals surface area contributed by atoms with E-state index in [0.29, 0.717) is 10.8 Å². The van der Waals surface area contributed by atoms with Crippen molar-refractivity contribution in [1.82, 2.24) is 0 Å². The monoisotopic (exact) mass is 240 g/mol. The van der Waals surface area contributed by atoms with Gasteiger partial charge in [0.1, 0.15) is 0 Å². The summed E-state index contributed by atoms with van der Waals surface area (Å²) in [6.07, 6.45) is -3.25. The van der Waals surface area contributed by atoms with Gasteiger partial charge in [-0.2, -0.15) is 13.2 Å². The van der Waals surface area contributed by atoms with Crippen LogP contribution in [-0.4, -0.2) is 6.18 Å². The van der Waals surface area contributed by atoms with Crippen LogP contribution >= 0.6 is 22.9 Å². The van der Waals surface area contributed by atoms with Gasteiger partial charge in [-0.1, -0.05) is 11.6 Å². The van der Waals surface area contributed by atoms with E-state index >= 15 is 0 Å². The fourth-order valence-corrected chi connectivity index (χ4v) is 3.11. The van der Waals surface area contributed by atoms with Crippen LogP contribution in [0, 0.1) is 5.92 Å². The van der Waals surface area contributed by atoms with Crippen LogP contribution in [0.5, 0.6) is 0 Å². The summed E-state index contributed by atoms with van der Waals surface area (Å²) in [6.45, 7) is 0. The van der Waals surface area contributed by atoms with Crippen molar-refractivity contribution >= 4 is 22.9 Å². The summed E-state index contributed by atoms with van der Waals surface area (Å²) in [7, 11) is 0. The lowest BCUT2D eigenvalue weighted by Gasteiger charge is -2.24. The van der Waals surface area contributed by atoms with E-state index in [1.54, 1.807) is 6.07 Å². The number of fused-ring (bicyclic) bond motifs is 1. The second-order valence-electron chi connectivity index (χ2n) is 3.48. The highest BCUT2D eigenvalue weighted by atomic mass is 35.5. The van der Waals surface area contributed by atoms with Crippen molar-refractivity contribution in [2.75, 3.05) is 0 Å². The SMILES string of the molecule is FC(F)(F)C1CCc2sc(Cl)cc2C1. The summed E-state index contributed by atoms with van der Waals surface area (Å²) in [5.74, 6) is -1.18. The van der Waals surface area contributed by atoms with Crippen molar-refractivity contribution in [3.63, 3.8) is 0 Å². The van der Waals surface area contributed by atoms with E-state index in [1.165, 1.54) is 11.3 Å². The van der Waals surface area contributed by atoms with Gasteiger partial charge in [0, 0.05) is 4.88 Å². The van der Waals surface area contributed by atoms with Gasteiger partial charge in [0.15, 0.2) is 0 Å². The molecule has 1 aliphatic rings. The van der Waals surface area contributed by atoms with Crippen molar-refractivity contribution in [1.29, 1.82) is 0 Å². The minimum atomic E-state index is -4.06. The molecule has 1 aromatic rings. The highest BCUT2D eigenvalue weighted by molar-refractivity contribution is 7.16. The van der Waals surface area contributed by atoms with Crippen molar-refractivity contribution in [3.05, 3.63) is 20.8 Å². The van der Waals surface area contributed by atoms with Crippen molar-refractivity contribution in [3.8, 4) is 0 Å². The smallest absolute Gasteiger partial charge is 0.171 e. The first kappa shape index (κ1) is 10.3. The number of thiophene rings is 1. The van der Waals surface area contributed by atoms with E-state index in [9.17, 15) is 13.2 Å². The molecule has 14 heavy (non-hydrogen) atoms. The molecule has 0 bridgehead atoms. The first-order valence-corrected chi connectivity index (χ1v) is 5.50. The normalized spacial score (nSPS) is 22.1. The van der Waals surface area contributed by atoms with Crippen LogP contribution in [0.25, 0.3) is 0 Å². The van der Waals surface area contributed by atoms with Crippen molar-refractivity contribution in [2.24, 2.45) is 5.92 Å². The van der Waals surface area contributed by atoms with E-state index in [-0.39, 0.29) is 12.8 Å². The Morgan fingerprint density at radius 1 is 1.43 bits per heavy atom. The Labute approximate surface area is 88.7 Å². The Hall–Kier alpha value is -0.220. The van der Waals surface area contributed by atoms with Gasteiger partial charge >= 0.3 is 6.18 Å². The second-order valence-corrected chi connectivity index (χ2v) is 5.25. The second kappa shape index (κ2) is 3.42. The van der Waals surface area contributed by atoms with E-state index in [1.807, 2.05) is 0 Å². The topological polar surface area (TPSA) is 0 Å². The van der Waals surface area contributed by atoms with E-state index in [4.69, 9.17) is 11.6 Å². The molecule has 1 atom stereocenters. The molecule has 0 aromatic carbocycles. The molecule has 2 rings (SSSR count). The number of aryl methyl sites for hydroxylation is 1. The molecule has 5 heteroatoms. The maximum Gasteiger partial charge on any atom is 0.392 e. The predicted molar refractivity (Wildman–Crippen MR) is 50.9 cm³/mol. The van der Waals surface area contributed by atoms with Gasteiger partial charge in [-0.3, -0.25) is 0 Å². The highest BCUT2D eigenvalue weighted by Gasteiger charge is 2.41. The Kier molecular flexibility index (Phi) is 2.52. The van der Waals surface area contributed by atoms with Crippen LogP contribution in [0.3, 0.4) is 0 Å². The Morgan fingerprint density at radius 2 is 2.14 bits per heavy atom. The molecule has 0 spiro atoms. The Morgan fingerprint density at radius 3 is 2.79 bits per heavy atom. The van der Waals surface area contributed by atoms with E-state index < -0.39 is 12.1 Å². The van der Waals surface area contributed by atoms with Crippen LogP contribution in [-0.2, 0) is 12.8 Å². The Bertz CT molecular complexity index is 342. The molecule has 0 aliphatic heterocycles. The van der Waals surface area contributed by atoms with Gasteiger partial charge in [0.2, 0.25) is 0 Å².